The SMILES string of the molecule is CCOc1ccc(OC2(C)CCNC2)cc1. The normalized spacial score (nSPS) is 24.4. The second-order valence-electron chi connectivity index (χ2n) is 4.38. The molecule has 0 spiro atoms. The van der Waals surface area contributed by atoms with Gasteiger partial charge in [0.05, 0.1) is 6.61 Å². The second kappa shape index (κ2) is 4.74. The van der Waals surface area contributed by atoms with Crippen LogP contribution in [0.4, 0.5) is 0 Å². The highest BCUT2D eigenvalue weighted by atomic mass is 16.5. The molecule has 1 saturated heterocycles. The van der Waals surface area contributed by atoms with Gasteiger partial charge in [-0.25, -0.2) is 0 Å². The first-order valence-corrected chi connectivity index (χ1v) is 5.84. The van der Waals surface area contributed by atoms with Crippen LogP contribution in [-0.2, 0) is 0 Å². The van der Waals surface area contributed by atoms with Gasteiger partial charge in [-0.3, -0.25) is 0 Å². The fraction of sp³-hybridized carbons (Fsp3) is 0.538. The van der Waals surface area contributed by atoms with E-state index in [1.54, 1.807) is 0 Å². The van der Waals surface area contributed by atoms with Gasteiger partial charge in [0.25, 0.3) is 0 Å². The van der Waals surface area contributed by atoms with Crippen molar-refractivity contribution in [3.8, 4) is 11.5 Å². The summed E-state index contributed by atoms with van der Waals surface area (Å²) < 4.78 is 11.4. The van der Waals surface area contributed by atoms with E-state index in [0.29, 0.717) is 6.61 Å². The van der Waals surface area contributed by atoms with Gasteiger partial charge in [-0.05, 0) is 44.7 Å². The van der Waals surface area contributed by atoms with Crippen molar-refractivity contribution < 1.29 is 9.47 Å². The van der Waals surface area contributed by atoms with Crippen LogP contribution in [0.1, 0.15) is 20.3 Å². The Kier molecular flexibility index (Phi) is 3.34. The minimum Gasteiger partial charge on any atom is -0.494 e. The van der Waals surface area contributed by atoms with E-state index < -0.39 is 0 Å². The molecule has 0 saturated carbocycles. The molecule has 16 heavy (non-hydrogen) atoms. The lowest BCUT2D eigenvalue weighted by atomic mass is 10.1. The standard InChI is InChI=1S/C13H19NO2/c1-3-15-11-4-6-12(7-5-11)16-13(2)8-9-14-10-13/h4-7,14H,3,8-10H2,1-2H3. The third kappa shape index (κ3) is 2.67. The van der Waals surface area contributed by atoms with Crippen LogP contribution < -0.4 is 14.8 Å². The van der Waals surface area contributed by atoms with Crippen molar-refractivity contribution in [2.24, 2.45) is 0 Å². The summed E-state index contributed by atoms with van der Waals surface area (Å²) >= 11 is 0. The van der Waals surface area contributed by atoms with E-state index in [1.165, 1.54) is 0 Å². The Morgan fingerprint density at radius 2 is 1.94 bits per heavy atom. The van der Waals surface area contributed by atoms with Gasteiger partial charge in [0.15, 0.2) is 0 Å². The molecule has 1 aromatic carbocycles. The zero-order valence-corrected chi connectivity index (χ0v) is 9.95. The molecule has 2 rings (SSSR count). The highest BCUT2D eigenvalue weighted by molar-refractivity contribution is 5.31. The van der Waals surface area contributed by atoms with Gasteiger partial charge in [0.1, 0.15) is 17.1 Å². The van der Waals surface area contributed by atoms with Crippen LogP contribution in [0.15, 0.2) is 24.3 Å². The number of rotatable bonds is 4. The lowest BCUT2D eigenvalue weighted by molar-refractivity contribution is 0.111. The Morgan fingerprint density at radius 1 is 1.25 bits per heavy atom. The molecule has 3 heteroatoms. The molecule has 1 N–H and O–H groups in total. The van der Waals surface area contributed by atoms with Crippen LogP contribution in [-0.4, -0.2) is 25.3 Å². The molecular weight excluding hydrogens is 202 g/mol. The Labute approximate surface area is 96.8 Å². The van der Waals surface area contributed by atoms with E-state index in [-0.39, 0.29) is 5.60 Å². The molecule has 88 valence electrons. The molecule has 3 nitrogen and oxygen atoms in total. The van der Waals surface area contributed by atoms with Crippen LogP contribution >= 0.6 is 0 Å². The summed E-state index contributed by atoms with van der Waals surface area (Å²) in [5.74, 6) is 1.80. The van der Waals surface area contributed by atoms with E-state index in [2.05, 4.69) is 12.2 Å². The number of nitrogens with one attached hydrogen (secondary N) is 1. The minimum atomic E-state index is -0.0624. The van der Waals surface area contributed by atoms with Crippen molar-refractivity contribution in [2.45, 2.75) is 25.9 Å². The summed E-state index contributed by atoms with van der Waals surface area (Å²) in [6, 6.07) is 7.83. The summed E-state index contributed by atoms with van der Waals surface area (Å²) in [6.45, 7) is 6.77. The van der Waals surface area contributed by atoms with Crippen molar-refractivity contribution in [1.82, 2.24) is 5.32 Å². The Balaban J connectivity index is 1.99. The van der Waals surface area contributed by atoms with E-state index >= 15 is 0 Å². The van der Waals surface area contributed by atoms with Crippen LogP contribution in [0.3, 0.4) is 0 Å². The summed E-state index contributed by atoms with van der Waals surface area (Å²) in [7, 11) is 0. The number of ether oxygens (including phenoxy) is 2. The van der Waals surface area contributed by atoms with Crippen LogP contribution in [0.5, 0.6) is 11.5 Å². The molecule has 0 bridgehead atoms. The molecule has 1 aliphatic heterocycles. The van der Waals surface area contributed by atoms with Gasteiger partial charge in [0, 0.05) is 13.0 Å². The maximum atomic E-state index is 5.98. The molecule has 0 aliphatic carbocycles. The van der Waals surface area contributed by atoms with E-state index in [0.717, 1.165) is 31.0 Å². The smallest absolute Gasteiger partial charge is 0.120 e. The first-order valence-electron chi connectivity index (χ1n) is 5.84. The predicted octanol–water partition coefficient (Wildman–Crippen LogP) is 2.22. The average molecular weight is 221 g/mol. The van der Waals surface area contributed by atoms with Crippen molar-refractivity contribution in [3.63, 3.8) is 0 Å². The average Bonchev–Trinajstić information content (AvgIpc) is 2.68. The maximum Gasteiger partial charge on any atom is 0.120 e. The summed E-state index contributed by atoms with van der Waals surface area (Å²) in [5, 5.41) is 3.32. The fourth-order valence-electron chi connectivity index (χ4n) is 1.94. The Morgan fingerprint density at radius 3 is 2.50 bits per heavy atom. The Bertz CT molecular complexity index is 328. The summed E-state index contributed by atoms with van der Waals surface area (Å²) in [4.78, 5) is 0. The topological polar surface area (TPSA) is 30.5 Å². The van der Waals surface area contributed by atoms with E-state index in [4.69, 9.17) is 9.47 Å². The van der Waals surface area contributed by atoms with Gasteiger partial charge in [-0.15, -0.1) is 0 Å². The van der Waals surface area contributed by atoms with Crippen molar-refractivity contribution in [1.29, 1.82) is 0 Å². The van der Waals surface area contributed by atoms with Crippen LogP contribution in [0.25, 0.3) is 0 Å². The maximum absolute atomic E-state index is 5.98. The lowest BCUT2D eigenvalue weighted by Gasteiger charge is -2.24. The predicted molar refractivity (Wildman–Crippen MR) is 64.1 cm³/mol. The quantitative estimate of drug-likeness (QED) is 0.845. The fourth-order valence-corrected chi connectivity index (χ4v) is 1.94. The van der Waals surface area contributed by atoms with Crippen LogP contribution in [0.2, 0.25) is 0 Å². The molecule has 0 aromatic heterocycles. The molecule has 0 amide bonds. The zero-order valence-electron chi connectivity index (χ0n) is 9.95. The van der Waals surface area contributed by atoms with Crippen molar-refractivity contribution >= 4 is 0 Å². The molecular formula is C13H19NO2. The summed E-state index contributed by atoms with van der Waals surface area (Å²) in [6.07, 6.45) is 1.06. The van der Waals surface area contributed by atoms with Gasteiger partial charge < -0.3 is 14.8 Å². The molecule has 1 fully saturated rings. The van der Waals surface area contributed by atoms with Crippen molar-refractivity contribution in [2.75, 3.05) is 19.7 Å². The van der Waals surface area contributed by atoms with Crippen LogP contribution in [0, 0.1) is 0 Å². The second-order valence-corrected chi connectivity index (χ2v) is 4.38. The number of hydrogen-bond acceptors (Lipinski definition) is 3. The van der Waals surface area contributed by atoms with E-state index in [9.17, 15) is 0 Å². The largest absolute Gasteiger partial charge is 0.494 e. The number of hydrogen-bond donors (Lipinski definition) is 1. The number of benzene rings is 1. The molecule has 1 heterocycles. The van der Waals surface area contributed by atoms with Gasteiger partial charge in [-0.1, -0.05) is 0 Å². The third-order valence-corrected chi connectivity index (χ3v) is 2.83. The highest BCUT2D eigenvalue weighted by Gasteiger charge is 2.30. The van der Waals surface area contributed by atoms with E-state index in [1.807, 2.05) is 31.2 Å². The molecule has 1 unspecified atom stereocenters. The van der Waals surface area contributed by atoms with Crippen molar-refractivity contribution in [3.05, 3.63) is 24.3 Å². The first-order chi connectivity index (χ1) is 7.72. The van der Waals surface area contributed by atoms with Gasteiger partial charge >= 0.3 is 0 Å². The molecule has 1 aliphatic rings. The summed E-state index contributed by atoms with van der Waals surface area (Å²) in [5.41, 5.74) is -0.0624. The van der Waals surface area contributed by atoms with Gasteiger partial charge in [-0.2, -0.15) is 0 Å². The minimum absolute atomic E-state index is 0.0624. The Hall–Kier alpha value is -1.22. The van der Waals surface area contributed by atoms with Gasteiger partial charge in [0.2, 0.25) is 0 Å². The third-order valence-electron chi connectivity index (χ3n) is 2.83. The molecule has 1 aromatic rings. The highest BCUT2D eigenvalue weighted by Crippen LogP contribution is 2.25. The lowest BCUT2D eigenvalue weighted by Crippen LogP contribution is -2.34. The molecule has 1 atom stereocenters. The first kappa shape index (κ1) is 11.3. The monoisotopic (exact) mass is 221 g/mol. The zero-order chi connectivity index (χ0) is 11.4. The molecule has 0 radical (unpaired) electrons.